The summed E-state index contributed by atoms with van der Waals surface area (Å²) >= 11 is 0. The Morgan fingerprint density at radius 1 is 1.23 bits per heavy atom. The van der Waals surface area contributed by atoms with Crippen LogP contribution in [0.3, 0.4) is 0 Å². The maximum absolute atomic E-state index is 12.5. The van der Waals surface area contributed by atoms with Gasteiger partial charge in [0, 0.05) is 18.5 Å². The number of nitrogens with zero attached hydrogens (tertiary/aromatic N) is 2. The fourth-order valence-corrected chi connectivity index (χ4v) is 3.43. The number of carbonyl (C=O) groups excluding carboxylic acids is 2. The van der Waals surface area contributed by atoms with E-state index in [1.807, 2.05) is 20.8 Å². The van der Waals surface area contributed by atoms with Gasteiger partial charge in [-0.3, -0.25) is 9.59 Å². The summed E-state index contributed by atoms with van der Waals surface area (Å²) in [7, 11) is 0. The van der Waals surface area contributed by atoms with Gasteiger partial charge >= 0.3 is 0 Å². The molecule has 1 heterocycles. The molecule has 0 aromatic heterocycles. The number of amides is 2. The van der Waals surface area contributed by atoms with Crippen LogP contribution < -0.4 is 5.32 Å². The van der Waals surface area contributed by atoms with Crippen LogP contribution in [0.25, 0.3) is 0 Å². The molecule has 2 amide bonds. The van der Waals surface area contributed by atoms with Gasteiger partial charge in [0.1, 0.15) is 5.54 Å². The zero-order valence-electron chi connectivity index (χ0n) is 13.9. The second-order valence-electron chi connectivity index (χ2n) is 7.73. The van der Waals surface area contributed by atoms with Gasteiger partial charge in [0.25, 0.3) is 0 Å². The van der Waals surface area contributed by atoms with Gasteiger partial charge in [0.2, 0.25) is 11.8 Å². The van der Waals surface area contributed by atoms with E-state index in [1.54, 1.807) is 4.90 Å². The van der Waals surface area contributed by atoms with E-state index in [2.05, 4.69) is 11.4 Å². The maximum atomic E-state index is 12.5. The van der Waals surface area contributed by atoms with Crippen LogP contribution in [-0.4, -0.2) is 35.3 Å². The molecule has 1 N–H and O–H groups in total. The minimum absolute atomic E-state index is 0.0603. The number of carbonyl (C=O) groups is 2. The summed E-state index contributed by atoms with van der Waals surface area (Å²) in [6.07, 6.45) is 5.11. The molecule has 2 rings (SSSR count). The van der Waals surface area contributed by atoms with Crippen LogP contribution in [0.15, 0.2) is 0 Å². The number of rotatable bonds is 2. The molecule has 122 valence electrons. The van der Waals surface area contributed by atoms with Gasteiger partial charge in [-0.1, -0.05) is 20.8 Å². The van der Waals surface area contributed by atoms with E-state index in [4.69, 9.17) is 0 Å². The van der Waals surface area contributed by atoms with Gasteiger partial charge in [-0.05, 0) is 38.5 Å². The summed E-state index contributed by atoms with van der Waals surface area (Å²) in [5, 5.41) is 12.4. The molecule has 2 fully saturated rings. The average molecular weight is 305 g/mol. The maximum Gasteiger partial charge on any atom is 0.227 e. The highest BCUT2D eigenvalue weighted by Gasteiger charge is 2.39. The van der Waals surface area contributed by atoms with Gasteiger partial charge in [0.05, 0.1) is 12.0 Å². The van der Waals surface area contributed by atoms with Crippen molar-refractivity contribution in [2.45, 2.75) is 64.8 Å². The lowest BCUT2D eigenvalue weighted by molar-refractivity contribution is -0.143. The monoisotopic (exact) mass is 305 g/mol. The summed E-state index contributed by atoms with van der Waals surface area (Å²) in [4.78, 5) is 26.7. The van der Waals surface area contributed by atoms with Crippen molar-refractivity contribution in [2.24, 2.45) is 11.3 Å². The lowest BCUT2D eigenvalue weighted by Gasteiger charge is -2.36. The van der Waals surface area contributed by atoms with E-state index in [0.717, 1.165) is 45.1 Å². The molecule has 5 heteroatoms. The summed E-state index contributed by atoms with van der Waals surface area (Å²) in [5.74, 6) is -0.151. The van der Waals surface area contributed by atoms with E-state index >= 15 is 0 Å². The largest absolute Gasteiger partial charge is 0.341 e. The molecule has 0 unspecified atom stereocenters. The minimum Gasteiger partial charge on any atom is -0.341 e. The van der Waals surface area contributed by atoms with E-state index < -0.39 is 11.0 Å². The number of nitriles is 1. The second-order valence-corrected chi connectivity index (χ2v) is 7.73. The van der Waals surface area contributed by atoms with Gasteiger partial charge in [-0.25, -0.2) is 0 Å². The molecule has 1 aliphatic heterocycles. The fraction of sp³-hybridized carbons (Fsp3) is 0.824. The molecular formula is C17H27N3O2. The van der Waals surface area contributed by atoms with Gasteiger partial charge < -0.3 is 10.2 Å². The molecule has 0 spiro atoms. The highest BCUT2D eigenvalue weighted by molar-refractivity contribution is 5.84. The number of nitrogens with one attached hydrogen (secondary N) is 1. The summed E-state index contributed by atoms with van der Waals surface area (Å²) in [5.41, 5.74) is -1.09. The van der Waals surface area contributed by atoms with Crippen molar-refractivity contribution in [1.82, 2.24) is 10.2 Å². The first-order chi connectivity index (χ1) is 10.3. The Labute approximate surface area is 133 Å². The van der Waals surface area contributed by atoms with Crippen molar-refractivity contribution in [3.05, 3.63) is 0 Å². The summed E-state index contributed by atoms with van der Waals surface area (Å²) in [6, 6.07) is 2.29. The third-order valence-electron chi connectivity index (χ3n) is 4.75. The van der Waals surface area contributed by atoms with Crippen molar-refractivity contribution >= 4 is 11.8 Å². The van der Waals surface area contributed by atoms with Crippen LogP contribution in [0.5, 0.6) is 0 Å². The van der Waals surface area contributed by atoms with Crippen molar-refractivity contribution < 1.29 is 9.59 Å². The fourth-order valence-electron chi connectivity index (χ4n) is 3.43. The van der Waals surface area contributed by atoms with Crippen LogP contribution in [0.4, 0.5) is 0 Å². The minimum atomic E-state index is -0.673. The van der Waals surface area contributed by atoms with Crippen LogP contribution in [-0.2, 0) is 9.59 Å². The predicted molar refractivity (Wildman–Crippen MR) is 83.7 cm³/mol. The molecule has 0 bridgehead atoms. The Hall–Kier alpha value is -1.57. The lowest BCUT2D eigenvalue weighted by Crippen LogP contribution is -2.53. The molecule has 1 saturated heterocycles. The third kappa shape index (κ3) is 3.60. The summed E-state index contributed by atoms with van der Waals surface area (Å²) < 4.78 is 0. The van der Waals surface area contributed by atoms with Crippen LogP contribution in [0, 0.1) is 22.7 Å². The lowest BCUT2D eigenvalue weighted by atomic mass is 9.90. The Balaban J connectivity index is 1.99. The van der Waals surface area contributed by atoms with Crippen molar-refractivity contribution in [1.29, 1.82) is 5.26 Å². The predicted octanol–water partition coefficient (Wildman–Crippen LogP) is 2.22. The van der Waals surface area contributed by atoms with Crippen molar-refractivity contribution in [3.63, 3.8) is 0 Å². The molecule has 1 aliphatic carbocycles. The Morgan fingerprint density at radius 3 is 2.41 bits per heavy atom. The first kappa shape index (κ1) is 16.8. The van der Waals surface area contributed by atoms with Crippen molar-refractivity contribution in [3.8, 4) is 6.07 Å². The highest BCUT2D eigenvalue weighted by atomic mass is 16.2. The zero-order chi connectivity index (χ0) is 16.4. The quantitative estimate of drug-likeness (QED) is 0.850. The van der Waals surface area contributed by atoms with E-state index in [1.165, 1.54) is 0 Å². The van der Waals surface area contributed by atoms with Crippen LogP contribution in [0.2, 0.25) is 0 Å². The standard InChI is InChI=1S/C17H27N3O2/c1-16(2,3)15(22)20-10-6-7-13(11-20)14(21)19-17(12-18)8-4-5-9-17/h13H,4-11H2,1-3H3,(H,19,21)/t13-/m0/s1. The molecule has 22 heavy (non-hydrogen) atoms. The smallest absolute Gasteiger partial charge is 0.227 e. The van der Waals surface area contributed by atoms with Crippen molar-refractivity contribution in [2.75, 3.05) is 13.1 Å². The zero-order valence-corrected chi connectivity index (χ0v) is 13.9. The topological polar surface area (TPSA) is 73.2 Å². The number of hydrogen-bond donors (Lipinski definition) is 1. The normalized spacial score (nSPS) is 24.6. The van der Waals surface area contributed by atoms with Crippen LogP contribution in [0.1, 0.15) is 59.3 Å². The summed E-state index contributed by atoms with van der Waals surface area (Å²) in [6.45, 7) is 6.92. The second kappa shape index (κ2) is 6.28. The highest BCUT2D eigenvalue weighted by Crippen LogP contribution is 2.30. The van der Waals surface area contributed by atoms with Crippen LogP contribution >= 0.6 is 0 Å². The Bertz CT molecular complexity index is 481. The SMILES string of the molecule is CC(C)(C)C(=O)N1CCC[C@H](C(=O)NC2(C#N)CCCC2)C1. The van der Waals surface area contributed by atoms with Gasteiger partial charge in [-0.15, -0.1) is 0 Å². The molecule has 0 radical (unpaired) electrons. The molecule has 0 aromatic rings. The van der Waals surface area contributed by atoms with E-state index in [9.17, 15) is 14.9 Å². The van der Waals surface area contributed by atoms with Gasteiger partial charge in [-0.2, -0.15) is 5.26 Å². The molecule has 0 aromatic carbocycles. The van der Waals surface area contributed by atoms with Gasteiger partial charge in [0.15, 0.2) is 0 Å². The average Bonchev–Trinajstić information content (AvgIpc) is 2.94. The molecule has 1 saturated carbocycles. The van der Waals surface area contributed by atoms with E-state index in [-0.39, 0.29) is 17.7 Å². The molecular weight excluding hydrogens is 278 g/mol. The number of piperidine rings is 1. The molecule has 1 atom stereocenters. The Kier molecular flexibility index (Phi) is 4.79. The molecule has 2 aliphatic rings. The number of hydrogen-bond acceptors (Lipinski definition) is 3. The van der Waals surface area contributed by atoms with E-state index in [0.29, 0.717) is 6.54 Å². The first-order valence-corrected chi connectivity index (χ1v) is 8.30. The first-order valence-electron chi connectivity index (χ1n) is 8.30. The number of likely N-dealkylation sites (tertiary alicyclic amines) is 1. The molecule has 5 nitrogen and oxygen atoms in total. The third-order valence-corrected chi connectivity index (χ3v) is 4.75. The Morgan fingerprint density at radius 2 is 1.86 bits per heavy atom.